The van der Waals surface area contributed by atoms with Gasteiger partial charge in [-0.15, -0.1) is 0 Å². The molecule has 0 aromatic heterocycles. The summed E-state index contributed by atoms with van der Waals surface area (Å²) in [4.78, 5) is 23.2. The van der Waals surface area contributed by atoms with Gasteiger partial charge in [0.2, 0.25) is 5.91 Å². The van der Waals surface area contributed by atoms with E-state index in [-0.39, 0.29) is 12.5 Å². The van der Waals surface area contributed by atoms with Crippen molar-refractivity contribution in [2.45, 2.75) is 20.3 Å². The number of rotatable bonds is 5. The topological polar surface area (TPSA) is 86.6 Å². The molecule has 0 bridgehead atoms. The van der Waals surface area contributed by atoms with Gasteiger partial charge in [0.15, 0.2) is 0 Å². The van der Waals surface area contributed by atoms with Gasteiger partial charge in [-0.1, -0.05) is 26.0 Å². The first-order valence-electron chi connectivity index (χ1n) is 6.61. The van der Waals surface area contributed by atoms with Gasteiger partial charge in [0, 0.05) is 12.3 Å². The molecule has 2 rings (SSSR count). The highest BCUT2D eigenvalue weighted by Crippen LogP contribution is 2.58. The highest BCUT2D eigenvalue weighted by atomic mass is 16.4. The Morgan fingerprint density at radius 1 is 1.20 bits per heavy atom. The second kappa shape index (κ2) is 5.25. The number of carboxylic acids is 1. The van der Waals surface area contributed by atoms with Crippen LogP contribution in [0.2, 0.25) is 0 Å². The predicted molar refractivity (Wildman–Crippen MR) is 74.3 cm³/mol. The Morgan fingerprint density at radius 3 is 2.25 bits per heavy atom. The van der Waals surface area contributed by atoms with Crippen LogP contribution < -0.4 is 5.32 Å². The van der Waals surface area contributed by atoms with Crippen molar-refractivity contribution >= 4 is 17.6 Å². The molecule has 2 atom stereocenters. The monoisotopic (exact) mass is 277 g/mol. The molecule has 5 heteroatoms. The van der Waals surface area contributed by atoms with Crippen molar-refractivity contribution in [1.82, 2.24) is 0 Å². The first-order valence-corrected chi connectivity index (χ1v) is 6.61. The number of amides is 1. The number of aliphatic carboxylic acids is 1. The van der Waals surface area contributed by atoms with Crippen molar-refractivity contribution in [1.29, 1.82) is 0 Å². The van der Waals surface area contributed by atoms with Crippen molar-refractivity contribution in [2.75, 3.05) is 11.9 Å². The van der Waals surface area contributed by atoms with E-state index in [0.717, 1.165) is 5.56 Å². The predicted octanol–water partition coefficient (Wildman–Crippen LogP) is 1.52. The van der Waals surface area contributed by atoms with Crippen molar-refractivity contribution in [3.05, 3.63) is 29.8 Å². The SMILES string of the molecule is CC1(C)[C@H](C(=O)O)[C@@H]1C(=O)Nc1ccc(CCO)cc1. The fourth-order valence-electron chi connectivity index (χ4n) is 2.69. The van der Waals surface area contributed by atoms with E-state index in [4.69, 9.17) is 10.2 Å². The number of carbonyl (C=O) groups excluding carboxylic acids is 1. The van der Waals surface area contributed by atoms with Gasteiger partial charge >= 0.3 is 5.97 Å². The smallest absolute Gasteiger partial charge is 0.307 e. The van der Waals surface area contributed by atoms with Gasteiger partial charge in [-0.25, -0.2) is 0 Å². The summed E-state index contributed by atoms with van der Waals surface area (Å²) in [6, 6.07) is 7.18. The molecule has 0 radical (unpaired) electrons. The lowest BCUT2D eigenvalue weighted by molar-refractivity contribution is -0.140. The van der Waals surface area contributed by atoms with Gasteiger partial charge in [-0.3, -0.25) is 9.59 Å². The number of nitrogens with one attached hydrogen (secondary N) is 1. The van der Waals surface area contributed by atoms with Crippen LogP contribution in [0.5, 0.6) is 0 Å². The van der Waals surface area contributed by atoms with Crippen LogP contribution in [0.1, 0.15) is 19.4 Å². The molecule has 108 valence electrons. The zero-order chi connectivity index (χ0) is 14.9. The lowest BCUT2D eigenvalue weighted by Gasteiger charge is -2.07. The average Bonchev–Trinajstić information content (AvgIpc) is 2.95. The summed E-state index contributed by atoms with van der Waals surface area (Å²) in [5, 5.41) is 20.6. The molecule has 0 spiro atoms. The van der Waals surface area contributed by atoms with E-state index < -0.39 is 23.2 Å². The Balaban J connectivity index is 2.00. The molecule has 1 aliphatic carbocycles. The summed E-state index contributed by atoms with van der Waals surface area (Å²) in [5.74, 6) is -2.28. The largest absolute Gasteiger partial charge is 0.481 e. The van der Waals surface area contributed by atoms with E-state index in [0.29, 0.717) is 12.1 Å². The highest BCUT2D eigenvalue weighted by molar-refractivity contribution is 5.99. The third kappa shape index (κ3) is 2.67. The number of hydrogen-bond donors (Lipinski definition) is 3. The number of hydrogen-bond acceptors (Lipinski definition) is 3. The maximum absolute atomic E-state index is 12.1. The van der Waals surface area contributed by atoms with E-state index >= 15 is 0 Å². The van der Waals surface area contributed by atoms with Crippen molar-refractivity contribution < 1.29 is 19.8 Å². The fourth-order valence-corrected chi connectivity index (χ4v) is 2.69. The van der Waals surface area contributed by atoms with Crippen molar-refractivity contribution in [3.63, 3.8) is 0 Å². The van der Waals surface area contributed by atoms with Gasteiger partial charge < -0.3 is 15.5 Å². The molecule has 1 aromatic carbocycles. The molecular weight excluding hydrogens is 258 g/mol. The molecule has 1 fully saturated rings. The van der Waals surface area contributed by atoms with Gasteiger partial charge in [-0.05, 0) is 29.5 Å². The summed E-state index contributed by atoms with van der Waals surface area (Å²) in [6.07, 6.45) is 0.574. The van der Waals surface area contributed by atoms with E-state index in [9.17, 15) is 9.59 Å². The minimum atomic E-state index is -0.923. The van der Waals surface area contributed by atoms with Crippen LogP contribution in [0.3, 0.4) is 0 Å². The third-order valence-electron chi connectivity index (χ3n) is 4.00. The molecule has 20 heavy (non-hydrogen) atoms. The minimum absolute atomic E-state index is 0.0856. The number of aliphatic hydroxyl groups is 1. The summed E-state index contributed by atoms with van der Waals surface area (Å²) in [5.41, 5.74) is 1.14. The summed E-state index contributed by atoms with van der Waals surface area (Å²) < 4.78 is 0. The third-order valence-corrected chi connectivity index (χ3v) is 4.00. The summed E-state index contributed by atoms with van der Waals surface area (Å²) >= 11 is 0. The molecule has 5 nitrogen and oxygen atoms in total. The van der Waals surface area contributed by atoms with E-state index in [1.165, 1.54) is 0 Å². The molecule has 0 saturated heterocycles. The summed E-state index contributed by atoms with van der Waals surface area (Å²) in [7, 11) is 0. The summed E-state index contributed by atoms with van der Waals surface area (Å²) in [6.45, 7) is 3.67. The van der Waals surface area contributed by atoms with Crippen LogP contribution in [0.25, 0.3) is 0 Å². The molecule has 0 aliphatic heterocycles. The van der Waals surface area contributed by atoms with Crippen LogP contribution >= 0.6 is 0 Å². The fraction of sp³-hybridized carbons (Fsp3) is 0.467. The van der Waals surface area contributed by atoms with Crippen LogP contribution in [-0.4, -0.2) is 28.7 Å². The number of aliphatic hydroxyl groups excluding tert-OH is 1. The number of carboxylic acid groups (broad SMARTS) is 1. The van der Waals surface area contributed by atoms with Crippen LogP contribution in [0.15, 0.2) is 24.3 Å². The van der Waals surface area contributed by atoms with Crippen LogP contribution in [-0.2, 0) is 16.0 Å². The van der Waals surface area contributed by atoms with Gasteiger partial charge in [0.1, 0.15) is 0 Å². The Morgan fingerprint density at radius 2 is 1.80 bits per heavy atom. The number of carbonyl (C=O) groups is 2. The van der Waals surface area contributed by atoms with Gasteiger partial charge in [-0.2, -0.15) is 0 Å². The van der Waals surface area contributed by atoms with Crippen molar-refractivity contribution in [2.24, 2.45) is 17.3 Å². The molecule has 1 aromatic rings. The lowest BCUT2D eigenvalue weighted by Crippen LogP contribution is -2.17. The standard InChI is InChI=1S/C15H19NO4/c1-15(2)11(12(15)14(19)20)13(18)16-10-5-3-9(4-6-10)7-8-17/h3-6,11-12,17H,7-8H2,1-2H3,(H,16,18)(H,19,20)/t11-,12+/m1/s1. The number of anilines is 1. The minimum Gasteiger partial charge on any atom is -0.481 e. The van der Waals surface area contributed by atoms with Crippen molar-refractivity contribution in [3.8, 4) is 0 Å². The van der Waals surface area contributed by atoms with E-state index in [1.54, 1.807) is 26.0 Å². The Hall–Kier alpha value is -1.88. The maximum Gasteiger partial charge on any atom is 0.307 e. The second-order valence-corrected chi connectivity index (χ2v) is 5.77. The molecule has 0 unspecified atom stereocenters. The molecule has 0 heterocycles. The Bertz CT molecular complexity index is 521. The molecule has 1 amide bonds. The van der Waals surface area contributed by atoms with Crippen LogP contribution in [0.4, 0.5) is 5.69 Å². The molecule has 3 N–H and O–H groups in total. The second-order valence-electron chi connectivity index (χ2n) is 5.77. The molecule has 1 aliphatic rings. The Kier molecular flexibility index (Phi) is 3.81. The average molecular weight is 277 g/mol. The quantitative estimate of drug-likeness (QED) is 0.761. The normalized spacial score (nSPS) is 23.1. The van der Waals surface area contributed by atoms with E-state index in [2.05, 4.69) is 5.32 Å². The van der Waals surface area contributed by atoms with Crippen LogP contribution in [0, 0.1) is 17.3 Å². The van der Waals surface area contributed by atoms with Gasteiger partial charge in [0.05, 0.1) is 11.8 Å². The lowest BCUT2D eigenvalue weighted by atomic mass is 10.1. The van der Waals surface area contributed by atoms with E-state index in [1.807, 2.05) is 12.1 Å². The molecular formula is C15H19NO4. The van der Waals surface area contributed by atoms with Gasteiger partial charge in [0.25, 0.3) is 0 Å². The zero-order valence-electron chi connectivity index (χ0n) is 11.6. The zero-order valence-corrected chi connectivity index (χ0v) is 11.6. The maximum atomic E-state index is 12.1. The highest BCUT2D eigenvalue weighted by Gasteiger charge is 2.65. The molecule has 1 saturated carbocycles. The first kappa shape index (κ1) is 14.5. The number of benzene rings is 1. The first-order chi connectivity index (χ1) is 9.37. The Labute approximate surface area is 117 Å².